The minimum absolute atomic E-state index is 0.0533. The van der Waals surface area contributed by atoms with E-state index in [-0.39, 0.29) is 5.91 Å². The van der Waals surface area contributed by atoms with Gasteiger partial charge in [0, 0.05) is 25.9 Å². The quantitative estimate of drug-likeness (QED) is 0.718. The molecule has 3 rings (SSSR count). The summed E-state index contributed by atoms with van der Waals surface area (Å²) in [6.45, 7) is 4.80. The molecule has 2 aliphatic rings. The van der Waals surface area contributed by atoms with E-state index >= 15 is 0 Å². The maximum Gasteiger partial charge on any atom is 0.256 e. The number of benzene rings is 1. The van der Waals surface area contributed by atoms with Gasteiger partial charge in [0.1, 0.15) is 5.60 Å². The Hall–Kier alpha value is -1.47. The van der Waals surface area contributed by atoms with E-state index in [0.29, 0.717) is 25.4 Å². The number of methoxy groups -OCH3 is 1. The standard InChI is InChI=1S/C20H31N3O3/c1-26-20(7-9-21-10-8-20)19(25)22-18-4-2-3-17(13-18)14-23-11-5-16(15-24)6-12-23/h2-4,13,16,21,24H,5-12,14-15H2,1H3,(H,22,25). The molecular formula is C20H31N3O3. The van der Waals surface area contributed by atoms with Crippen LogP contribution in [0.5, 0.6) is 0 Å². The van der Waals surface area contributed by atoms with Crippen molar-refractivity contribution in [3.05, 3.63) is 29.8 Å². The second kappa shape index (κ2) is 8.95. The van der Waals surface area contributed by atoms with E-state index in [9.17, 15) is 9.90 Å². The van der Waals surface area contributed by atoms with Crippen LogP contribution >= 0.6 is 0 Å². The highest BCUT2D eigenvalue weighted by atomic mass is 16.5. The number of aliphatic hydroxyl groups is 1. The number of piperidine rings is 2. The minimum Gasteiger partial charge on any atom is -0.396 e. The van der Waals surface area contributed by atoms with Crippen molar-refractivity contribution in [2.75, 3.05) is 45.2 Å². The Morgan fingerprint density at radius 3 is 2.73 bits per heavy atom. The molecule has 1 aromatic rings. The molecule has 26 heavy (non-hydrogen) atoms. The van der Waals surface area contributed by atoms with Crippen LogP contribution < -0.4 is 10.6 Å². The van der Waals surface area contributed by atoms with Crippen molar-refractivity contribution in [2.24, 2.45) is 5.92 Å². The lowest BCUT2D eigenvalue weighted by Crippen LogP contribution is -2.51. The molecule has 2 heterocycles. The molecule has 6 nitrogen and oxygen atoms in total. The van der Waals surface area contributed by atoms with Crippen LogP contribution in [-0.4, -0.2) is 61.4 Å². The topological polar surface area (TPSA) is 73.8 Å². The number of anilines is 1. The summed E-state index contributed by atoms with van der Waals surface area (Å²) in [6.07, 6.45) is 3.48. The first-order chi connectivity index (χ1) is 12.6. The van der Waals surface area contributed by atoms with Crippen molar-refractivity contribution in [1.82, 2.24) is 10.2 Å². The number of hydrogen-bond acceptors (Lipinski definition) is 5. The number of rotatable bonds is 6. The number of amides is 1. The first kappa shape index (κ1) is 19.3. The molecule has 1 amide bonds. The van der Waals surface area contributed by atoms with Gasteiger partial charge in [0.15, 0.2) is 0 Å². The first-order valence-corrected chi connectivity index (χ1v) is 9.65. The number of likely N-dealkylation sites (tertiary alicyclic amines) is 1. The molecule has 6 heteroatoms. The van der Waals surface area contributed by atoms with Crippen molar-refractivity contribution in [2.45, 2.75) is 37.8 Å². The number of hydrogen-bond donors (Lipinski definition) is 3. The maximum atomic E-state index is 12.8. The third kappa shape index (κ3) is 4.62. The fourth-order valence-electron chi connectivity index (χ4n) is 3.93. The molecular weight excluding hydrogens is 330 g/mol. The molecule has 0 bridgehead atoms. The lowest BCUT2D eigenvalue weighted by molar-refractivity contribution is -0.140. The Labute approximate surface area is 155 Å². The Morgan fingerprint density at radius 1 is 1.35 bits per heavy atom. The van der Waals surface area contributed by atoms with Crippen LogP contribution in [0, 0.1) is 5.92 Å². The maximum absolute atomic E-state index is 12.8. The average Bonchev–Trinajstić information content (AvgIpc) is 2.69. The lowest BCUT2D eigenvalue weighted by atomic mass is 9.91. The molecule has 0 atom stereocenters. The van der Waals surface area contributed by atoms with Gasteiger partial charge in [0.2, 0.25) is 0 Å². The lowest BCUT2D eigenvalue weighted by Gasteiger charge is -2.34. The van der Waals surface area contributed by atoms with E-state index in [0.717, 1.165) is 51.3 Å². The molecule has 0 saturated carbocycles. The number of nitrogens with one attached hydrogen (secondary N) is 2. The SMILES string of the molecule is COC1(C(=O)Nc2cccc(CN3CCC(CO)CC3)c2)CCNCC1. The Kier molecular flexibility index (Phi) is 6.64. The summed E-state index contributed by atoms with van der Waals surface area (Å²) in [7, 11) is 1.62. The monoisotopic (exact) mass is 361 g/mol. The molecule has 2 fully saturated rings. The third-order valence-electron chi connectivity index (χ3n) is 5.77. The fourth-order valence-corrected chi connectivity index (χ4v) is 3.93. The molecule has 0 unspecified atom stereocenters. The molecule has 1 aromatic carbocycles. The number of aliphatic hydroxyl groups excluding tert-OH is 1. The number of carbonyl (C=O) groups excluding carboxylic acids is 1. The van der Waals surface area contributed by atoms with Crippen molar-refractivity contribution in [1.29, 1.82) is 0 Å². The predicted octanol–water partition coefficient (Wildman–Crippen LogP) is 1.60. The van der Waals surface area contributed by atoms with Crippen LogP contribution in [0.3, 0.4) is 0 Å². The summed E-state index contributed by atoms with van der Waals surface area (Å²) in [4.78, 5) is 15.2. The molecule has 2 saturated heterocycles. The van der Waals surface area contributed by atoms with E-state index in [1.54, 1.807) is 7.11 Å². The summed E-state index contributed by atoms with van der Waals surface area (Å²) in [5.41, 5.74) is 1.29. The number of ether oxygens (including phenoxy) is 1. The van der Waals surface area contributed by atoms with Crippen molar-refractivity contribution < 1.29 is 14.6 Å². The number of nitrogens with zero attached hydrogens (tertiary/aromatic N) is 1. The molecule has 3 N–H and O–H groups in total. The van der Waals surface area contributed by atoms with Gasteiger partial charge in [0.25, 0.3) is 5.91 Å². The molecule has 0 spiro atoms. The highest BCUT2D eigenvalue weighted by Crippen LogP contribution is 2.25. The largest absolute Gasteiger partial charge is 0.396 e. The summed E-state index contributed by atoms with van der Waals surface area (Å²) in [5, 5.41) is 15.6. The summed E-state index contributed by atoms with van der Waals surface area (Å²) in [6, 6.07) is 8.09. The van der Waals surface area contributed by atoms with Gasteiger partial charge in [-0.3, -0.25) is 9.69 Å². The Bertz CT molecular complexity index is 594. The van der Waals surface area contributed by atoms with Gasteiger partial charge in [-0.05, 0) is 75.5 Å². The highest BCUT2D eigenvalue weighted by molar-refractivity contribution is 5.97. The summed E-state index contributed by atoms with van der Waals surface area (Å²) in [5.74, 6) is 0.398. The van der Waals surface area contributed by atoms with E-state index in [2.05, 4.69) is 27.7 Å². The van der Waals surface area contributed by atoms with Gasteiger partial charge in [0.05, 0.1) is 0 Å². The molecule has 0 aromatic heterocycles. The zero-order valence-electron chi connectivity index (χ0n) is 15.7. The Morgan fingerprint density at radius 2 is 2.08 bits per heavy atom. The van der Waals surface area contributed by atoms with Gasteiger partial charge < -0.3 is 20.5 Å². The van der Waals surface area contributed by atoms with Gasteiger partial charge in [-0.1, -0.05) is 12.1 Å². The second-order valence-corrected chi connectivity index (χ2v) is 7.51. The zero-order chi connectivity index (χ0) is 18.4. The van der Waals surface area contributed by atoms with E-state index in [1.807, 2.05) is 12.1 Å². The molecule has 2 aliphatic heterocycles. The third-order valence-corrected chi connectivity index (χ3v) is 5.77. The predicted molar refractivity (Wildman–Crippen MR) is 102 cm³/mol. The fraction of sp³-hybridized carbons (Fsp3) is 0.650. The number of carbonyl (C=O) groups is 1. The normalized spacial score (nSPS) is 21.5. The first-order valence-electron chi connectivity index (χ1n) is 9.65. The summed E-state index contributed by atoms with van der Waals surface area (Å²) >= 11 is 0. The average molecular weight is 361 g/mol. The molecule has 144 valence electrons. The van der Waals surface area contributed by atoms with Crippen molar-refractivity contribution in [3.8, 4) is 0 Å². The Balaban J connectivity index is 1.59. The van der Waals surface area contributed by atoms with Gasteiger partial charge >= 0.3 is 0 Å². The van der Waals surface area contributed by atoms with Crippen LogP contribution in [0.4, 0.5) is 5.69 Å². The van der Waals surface area contributed by atoms with E-state index in [4.69, 9.17) is 4.74 Å². The van der Waals surface area contributed by atoms with Crippen LogP contribution in [0.2, 0.25) is 0 Å². The van der Waals surface area contributed by atoms with Gasteiger partial charge in [-0.25, -0.2) is 0 Å². The zero-order valence-corrected chi connectivity index (χ0v) is 15.7. The smallest absolute Gasteiger partial charge is 0.256 e. The van der Waals surface area contributed by atoms with E-state index in [1.165, 1.54) is 5.56 Å². The van der Waals surface area contributed by atoms with Crippen LogP contribution in [0.1, 0.15) is 31.2 Å². The molecule has 0 aliphatic carbocycles. The second-order valence-electron chi connectivity index (χ2n) is 7.51. The van der Waals surface area contributed by atoms with E-state index < -0.39 is 5.60 Å². The van der Waals surface area contributed by atoms with Crippen molar-refractivity contribution in [3.63, 3.8) is 0 Å². The molecule has 0 radical (unpaired) electrons. The summed E-state index contributed by atoms with van der Waals surface area (Å²) < 4.78 is 5.60. The minimum atomic E-state index is -0.729. The van der Waals surface area contributed by atoms with Crippen LogP contribution in [0.15, 0.2) is 24.3 Å². The van der Waals surface area contributed by atoms with Crippen LogP contribution in [-0.2, 0) is 16.1 Å². The van der Waals surface area contributed by atoms with Crippen molar-refractivity contribution >= 4 is 11.6 Å². The van der Waals surface area contributed by atoms with Crippen LogP contribution in [0.25, 0.3) is 0 Å². The highest BCUT2D eigenvalue weighted by Gasteiger charge is 2.39. The van der Waals surface area contributed by atoms with Gasteiger partial charge in [-0.2, -0.15) is 0 Å². The van der Waals surface area contributed by atoms with Gasteiger partial charge in [-0.15, -0.1) is 0 Å².